The van der Waals surface area contributed by atoms with Crippen LogP contribution in [0.4, 0.5) is 0 Å². The van der Waals surface area contributed by atoms with Crippen molar-refractivity contribution in [3.05, 3.63) is 59.2 Å². The number of aromatic nitrogens is 1. The van der Waals surface area contributed by atoms with Crippen molar-refractivity contribution in [3.63, 3.8) is 0 Å². The topological polar surface area (TPSA) is 51.4 Å². The molecule has 1 aromatic carbocycles. The van der Waals surface area contributed by atoms with Gasteiger partial charge in [0.05, 0.1) is 4.90 Å². The summed E-state index contributed by atoms with van der Waals surface area (Å²) in [6, 6.07) is 11.1. The number of hydrogen-bond donors (Lipinski definition) is 0. The first-order valence-electron chi connectivity index (χ1n) is 5.17. The number of nitrogens with zero attached hydrogens (tertiary/aromatic N) is 2. The minimum atomic E-state index is -3.71. The molecular weight excluding hydrogens is 272 g/mol. The Morgan fingerprint density at radius 2 is 1.78 bits per heavy atom. The maximum absolute atomic E-state index is 12.0. The van der Waals surface area contributed by atoms with Gasteiger partial charge >= 0.3 is 0 Å². The molecule has 0 aliphatic heterocycles. The van der Waals surface area contributed by atoms with Crippen LogP contribution in [0.15, 0.2) is 58.0 Å². The SMILES string of the molecule is Cn1cccc/c1=N/S(=O)(=O)c1ccc(Cl)cc1. The third-order valence-electron chi connectivity index (χ3n) is 2.35. The number of rotatable bonds is 2. The Kier molecular flexibility index (Phi) is 3.54. The Bertz CT molecular complexity index is 718. The third-order valence-corrected chi connectivity index (χ3v) is 3.90. The van der Waals surface area contributed by atoms with Gasteiger partial charge in [0.25, 0.3) is 10.0 Å². The number of halogens is 1. The second kappa shape index (κ2) is 4.96. The Balaban J connectivity index is 2.55. The lowest BCUT2D eigenvalue weighted by Gasteiger charge is -2.01. The predicted molar refractivity (Wildman–Crippen MR) is 69.6 cm³/mol. The van der Waals surface area contributed by atoms with E-state index in [1.807, 2.05) is 0 Å². The van der Waals surface area contributed by atoms with Crippen LogP contribution in [0.3, 0.4) is 0 Å². The molecule has 0 aliphatic carbocycles. The minimum absolute atomic E-state index is 0.121. The zero-order valence-corrected chi connectivity index (χ0v) is 11.2. The minimum Gasteiger partial charge on any atom is -0.335 e. The summed E-state index contributed by atoms with van der Waals surface area (Å²) in [5, 5.41) is 0.485. The zero-order valence-electron chi connectivity index (χ0n) is 9.62. The maximum atomic E-state index is 12.0. The van der Waals surface area contributed by atoms with Crippen molar-refractivity contribution < 1.29 is 8.42 Å². The van der Waals surface area contributed by atoms with E-state index in [4.69, 9.17) is 11.6 Å². The quantitative estimate of drug-likeness (QED) is 0.845. The van der Waals surface area contributed by atoms with E-state index in [9.17, 15) is 8.42 Å². The van der Waals surface area contributed by atoms with Gasteiger partial charge < -0.3 is 4.57 Å². The van der Waals surface area contributed by atoms with Crippen LogP contribution in [0.25, 0.3) is 0 Å². The molecule has 4 nitrogen and oxygen atoms in total. The molecule has 0 amide bonds. The molecule has 0 spiro atoms. The van der Waals surface area contributed by atoms with Gasteiger partial charge in [-0.1, -0.05) is 17.7 Å². The van der Waals surface area contributed by atoms with E-state index in [1.54, 1.807) is 36.0 Å². The van der Waals surface area contributed by atoms with Crippen LogP contribution < -0.4 is 5.49 Å². The third kappa shape index (κ3) is 2.80. The highest BCUT2D eigenvalue weighted by Gasteiger charge is 2.11. The van der Waals surface area contributed by atoms with Crippen LogP contribution in [0, 0.1) is 0 Å². The summed E-state index contributed by atoms with van der Waals surface area (Å²) in [7, 11) is -1.97. The van der Waals surface area contributed by atoms with E-state index in [2.05, 4.69) is 4.40 Å². The molecule has 0 unspecified atom stereocenters. The summed E-state index contributed by atoms with van der Waals surface area (Å²) in [4.78, 5) is 0.121. The highest BCUT2D eigenvalue weighted by molar-refractivity contribution is 7.90. The Hall–Kier alpha value is -1.59. The van der Waals surface area contributed by atoms with Crippen LogP contribution in [-0.2, 0) is 17.1 Å². The maximum Gasteiger partial charge on any atom is 0.284 e. The Labute approximate surface area is 110 Å². The number of hydrogen-bond acceptors (Lipinski definition) is 2. The molecule has 0 saturated heterocycles. The lowest BCUT2D eigenvalue weighted by molar-refractivity contribution is 0.595. The van der Waals surface area contributed by atoms with E-state index in [0.29, 0.717) is 10.5 Å². The fraction of sp³-hybridized carbons (Fsp3) is 0.0833. The molecule has 0 saturated carbocycles. The van der Waals surface area contributed by atoms with Crippen molar-refractivity contribution in [2.45, 2.75) is 4.90 Å². The number of sulfonamides is 1. The summed E-state index contributed by atoms with van der Waals surface area (Å²) in [6.45, 7) is 0. The van der Waals surface area contributed by atoms with Crippen LogP contribution in [0.2, 0.25) is 5.02 Å². The molecule has 2 rings (SSSR count). The summed E-state index contributed by atoms with van der Waals surface area (Å²) in [5.74, 6) is 0. The average molecular weight is 283 g/mol. The second-order valence-electron chi connectivity index (χ2n) is 3.69. The molecule has 1 aromatic heterocycles. The van der Waals surface area contributed by atoms with Gasteiger partial charge in [0.2, 0.25) is 0 Å². The van der Waals surface area contributed by atoms with Crippen molar-refractivity contribution in [1.82, 2.24) is 4.57 Å². The summed E-state index contributed by atoms with van der Waals surface area (Å²) in [6.07, 6.45) is 1.73. The molecule has 0 radical (unpaired) electrons. The fourth-order valence-corrected chi connectivity index (χ4v) is 2.54. The summed E-state index contributed by atoms with van der Waals surface area (Å²) >= 11 is 5.72. The molecule has 6 heteroatoms. The van der Waals surface area contributed by atoms with Crippen molar-refractivity contribution in [3.8, 4) is 0 Å². The smallest absolute Gasteiger partial charge is 0.284 e. The summed E-state index contributed by atoms with van der Waals surface area (Å²) in [5.41, 5.74) is 0.368. The van der Waals surface area contributed by atoms with Crippen molar-refractivity contribution in [2.24, 2.45) is 11.4 Å². The lowest BCUT2D eigenvalue weighted by atomic mass is 10.4. The monoisotopic (exact) mass is 282 g/mol. The van der Waals surface area contributed by atoms with Gasteiger partial charge in [-0.25, -0.2) is 0 Å². The van der Waals surface area contributed by atoms with Gasteiger partial charge in [-0.05, 0) is 36.4 Å². The van der Waals surface area contributed by atoms with Crippen LogP contribution in [-0.4, -0.2) is 13.0 Å². The summed E-state index contributed by atoms with van der Waals surface area (Å²) < 4.78 is 29.5. The molecule has 0 N–H and O–H groups in total. The van der Waals surface area contributed by atoms with Gasteiger partial charge in [-0.3, -0.25) is 0 Å². The molecule has 0 atom stereocenters. The first kappa shape index (κ1) is 12.9. The number of pyridine rings is 1. The fourth-order valence-electron chi connectivity index (χ4n) is 1.39. The van der Waals surface area contributed by atoms with Gasteiger partial charge in [0, 0.05) is 18.3 Å². The van der Waals surface area contributed by atoms with Crippen molar-refractivity contribution in [1.29, 1.82) is 0 Å². The first-order chi connectivity index (χ1) is 8.49. The Morgan fingerprint density at radius 3 is 2.39 bits per heavy atom. The van der Waals surface area contributed by atoms with E-state index in [-0.39, 0.29) is 4.90 Å². The zero-order chi connectivity index (χ0) is 13.2. The van der Waals surface area contributed by atoms with E-state index in [1.165, 1.54) is 24.3 Å². The van der Waals surface area contributed by atoms with Crippen LogP contribution in [0.5, 0.6) is 0 Å². The molecule has 0 fully saturated rings. The first-order valence-corrected chi connectivity index (χ1v) is 6.99. The van der Waals surface area contributed by atoms with Crippen molar-refractivity contribution >= 4 is 21.6 Å². The largest absolute Gasteiger partial charge is 0.335 e. The lowest BCUT2D eigenvalue weighted by Crippen LogP contribution is -2.18. The predicted octanol–water partition coefficient (Wildman–Crippen LogP) is 1.97. The normalized spacial score (nSPS) is 12.7. The second-order valence-corrected chi connectivity index (χ2v) is 5.73. The van der Waals surface area contributed by atoms with Gasteiger partial charge in [-0.15, -0.1) is 4.40 Å². The molecule has 2 aromatic rings. The van der Waals surface area contributed by atoms with E-state index < -0.39 is 10.0 Å². The molecule has 94 valence electrons. The average Bonchev–Trinajstić information content (AvgIpc) is 2.32. The number of aryl methyl sites for hydroxylation is 1. The highest BCUT2D eigenvalue weighted by Crippen LogP contribution is 2.15. The van der Waals surface area contributed by atoms with Gasteiger partial charge in [-0.2, -0.15) is 8.42 Å². The molecular formula is C12H11ClN2O2S. The van der Waals surface area contributed by atoms with Crippen LogP contribution >= 0.6 is 11.6 Å². The van der Waals surface area contributed by atoms with Crippen molar-refractivity contribution in [2.75, 3.05) is 0 Å². The van der Waals surface area contributed by atoms with Gasteiger partial charge in [0.1, 0.15) is 5.49 Å². The van der Waals surface area contributed by atoms with E-state index >= 15 is 0 Å². The molecule has 0 aliphatic rings. The molecule has 1 heterocycles. The molecule has 18 heavy (non-hydrogen) atoms. The number of benzene rings is 1. The van der Waals surface area contributed by atoms with Crippen LogP contribution in [0.1, 0.15) is 0 Å². The Morgan fingerprint density at radius 1 is 1.11 bits per heavy atom. The standard InChI is InChI=1S/C12H11ClN2O2S/c1-15-9-3-2-4-12(15)14-18(16,17)11-7-5-10(13)6-8-11/h2-9H,1H3/b14-12-. The van der Waals surface area contributed by atoms with E-state index in [0.717, 1.165) is 0 Å². The van der Waals surface area contributed by atoms with Gasteiger partial charge in [0.15, 0.2) is 0 Å². The highest BCUT2D eigenvalue weighted by atomic mass is 35.5. The molecule has 0 bridgehead atoms.